The summed E-state index contributed by atoms with van der Waals surface area (Å²) >= 11 is 1.48. The van der Waals surface area contributed by atoms with Crippen molar-refractivity contribution in [3.63, 3.8) is 0 Å². The first kappa shape index (κ1) is 23.6. The third-order valence-corrected chi connectivity index (χ3v) is 7.73. The minimum absolute atomic E-state index is 0.0749. The van der Waals surface area contributed by atoms with Crippen LogP contribution in [0.5, 0.6) is 0 Å². The van der Waals surface area contributed by atoms with E-state index in [4.69, 9.17) is 0 Å². The van der Waals surface area contributed by atoms with Crippen LogP contribution in [0.3, 0.4) is 0 Å². The highest BCUT2D eigenvalue weighted by molar-refractivity contribution is 7.89. The van der Waals surface area contributed by atoms with Gasteiger partial charge < -0.3 is 5.32 Å². The zero-order valence-electron chi connectivity index (χ0n) is 18.4. The number of fused-ring (bicyclic) bond motifs is 1. The number of nitrogens with zero attached hydrogens (tertiary/aromatic N) is 2. The normalized spacial score (nSPS) is 12.5. The number of carbonyl (C=O) groups is 1. The lowest BCUT2D eigenvalue weighted by Crippen LogP contribution is -2.40. The predicted molar refractivity (Wildman–Crippen MR) is 130 cm³/mol. The van der Waals surface area contributed by atoms with Gasteiger partial charge in [0.05, 0.1) is 22.3 Å². The molecule has 0 aliphatic carbocycles. The highest BCUT2D eigenvalue weighted by Crippen LogP contribution is 2.20. The number of aryl methyl sites for hydroxylation is 1. The van der Waals surface area contributed by atoms with Gasteiger partial charge >= 0.3 is 5.69 Å². The number of hydrogen-bond donors (Lipinski definition) is 2. The van der Waals surface area contributed by atoms with E-state index >= 15 is 0 Å². The fraction of sp³-hybridized carbons (Fsp3) is 0.174. The molecule has 0 aliphatic rings. The molecule has 176 valence electrons. The Morgan fingerprint density at radius 2 is 1.74 bits per heavy atom. The molecule has 11 heteroatoms. The molecular weight excluding hydrogens is 476 g/mol. The molecule has 2 heterocycles. The van der Waals surface area contributed by atoms with Crippen LogP contribution in [0.1, 0.15) is 16.5 Å². The second kappa shape index (κ2) is 9.37. The topological polar surface area (TPSA) is 119 Å². The summed E-state index contributed by atoms with van der Waals surface area (Å²) in [5, 5.41) is 4.73. The molecule has 0 bridgehead atoms. The average Bonchev–Trinajstić information content (AvgIpc) is 3.37. The smallest absolute Gasteiger partial charge is 0.330 e. The standard InChI is InChI=1S/C23H22N4O5S2/c1-26-19-11-10-17(13-18(19)22(29)27(2)23(26)30)34(31,32)25-20(15-7-4-3-5-8-15)21(28)24-14-16-9-6-12-33-16/h3-13,20,25H,14H2,1-2H3,(H,24,28). The van der Waals surface area contributed by atoms with Crippen molar-refractivity contribution in [2.24, 2.45) is 14.1 Å². The third kappa shape index (κ3) is 4.58. The predicted octanol–water partition coefficient (Wildman–Crippen LogP) is 1.63. The van der Waals surface area contributed by atoms with Gasteiger partial charge in [-0.05, 0) is 35.2 Å². The molecule has 2 N–H and O–H groups in total. The second-order valence-corrected chi connectivity index (χ2v) is 10.4. The van der Waals surface area contributed by atoms with E-state index in [1.807, 2.05) is 17.5 Å². The number of aromatic nitrogens is 2. The molecule has 9 nitrogen and oxygen atoms in total. The summed E-state index contributed by atoms with van der Waals surface area (Å²) in [6, 6.07) is 15.0. The maximum atomic E-state index is 13.3. The molecule has 0 radical (unpaired) electrons. The highest BCUT2D eigenvalue weighted by Gasteiger charge is 2.28. The molecule has 0 saturated carbocycles. The molecule has 1 unspecified atom stereocenters. The van der Waals surface area contributed by atoms with Gasteiger partial charge in [-0.2, -0.15) is 4.72 Å². The Bertz CT molecular complexity index is 1570. The maximum absolute atomic E-state index is 13.3. The van der Waals surface area contributed by atoms with Gasteiger partial charge in [-0.1, -0.05) is 36.4 Å². The Balaban J connectivity index is 1.70. The molecule has 0 fully saturated rings. The number of nitrogens with one attached hydrogen (secondary N) is 2. The van der Waals surface area contributed by atoms with E-state index in [0.717, 1.165) is 9.44 Å². The third-order valence-electron chi connectivity index (χ3n) is 5.43. The molecule has 34 heavy (non-hydrogen) atoms. The van der Waals surface area contributed by atoms with Crippen molar-refractivity contribution in [2.45, 2.75) is 17.5 Å². The molecule has 1 amide bonds. The molecule has 4 aromatic rings. The van der Waals surface area contributed by atoms with Crippen LogP contribution >= 0.6 is 11.3 Å². The van der Waals surface area contributed by atoms with E-state index in [1.54, 1.807) is 30.3 Å². The number of benzene rings is 2. The van der Waals surface area contributed by atoms with E-state index in [2.05, 4.69) is 10.0 Å². The lowest BCUT2D eigenvalue weighted by Gasteiger charge is -2.19. The molecule has 2 aromatic heterocycles. The lowest BCUT2D eigenvalue weighted by molar-refractivity contribution is -0.123. The largest absolute Gasteiger partial charge is 0.350 e. The molecule has 0 spiro atoms. The van der Waals surface area contributed by atoms with E-state index in [1.165, 1.54) is 48.2 Å². The minimum Gasteiger partial charge on any atom is -0.350 e. The van der Waals surface area contributed by atoms with Crippen LogP contribution in [0.25, 0.3) is 10.9 Å². The molecular formula is C23H22N4O5S2. The van der Waals surface area contributed by atoms with E-state index < -0.39 is 33.2 Å². The van der Waals surface area contributed by atoms with Crippen LogP contribution in [0.4, 0.5) is 0 Å². The van der Waals surface area contributed by atoms with Crippen LogP contribution in [0.15, 0.2) is 80.5 Å². The van der Waals surface area contributed by atoms with Crippen molar-refractivity contribution in [3.05, 3.63) is 97.3 Å². The molecule has 4 rings (SSSR count). The summed E-state index contributed by atoms with van der Waals surface area (Å²) in [7, 11) is -1.39. The Kier molecular flexibility index (Phi) is 6.51. The molecule has 2 aromatic carbocycles. The van der Waals surface area contributed by atoms with Gasteiger partial charge in [-0.25, -0.2) is 13.2 Å². The summed E-state index contributed by atoms with van der Waals surface area (Å²) in [6.45, 7) is 0.265. The van der Waals surface area contributed by atoms with Gasteiger partial charge in [-0.15, -0.1) is 11.3 Å². The Labute approximate surface area is 199 Å². The monoisotopic (exact) mass is 498 g/mol. The van der Waals surface area contributed by atoms with Crippen LogP contribution in [-0.4, -0.2) is 23.5 Å². The van der Waals surface area contributed by atoms with Gasteiger partial charge in [0.2, 0.25) is 15.9 Å². The van der Waals surface area contributed by atoms with Crippen molar-refractivity contribution in [1.82, 2.24) is 19.2 Å². The van der Waals surface area contributed by atoms with Gasteiger partial charge in [0, 0.05) is 19.0 Å². The zero-order chi connectivity index (χ0) is 24.5. The second-order valence-electron chi connectivity index (χ2n) is 7.65. The molecule has 0 saturated heterocycles. The van der Waals surface area contributed by atoms with Crippen molar-refractivity contribution in [1.29, 1.82) is 0 Å². The van der Waals surface area contributed by atoms with Crippen molar-refractivity contribution < 1.29 is 13.2 Å². The number of hydrogen-bond acceptors (Lipinski definition) is 6. The summed E-state index contributed by atoms with van der Waals surface area (Å²) in [5.74, 6) is -0.512. The number of rotatable bonds is 7. The summed E-state index contributed by atoms with van der Waals surface area (Å²) in [6.07, 6.45) is 0. The van der Waals surface area contributed by atoms with Gasteiger partial charge in [-0.3, -0.25) is 18.7 Å². The van der Waals surface area contributed by atoms with Gasteiger partial charge in [0.1, 0.15) is 6.04 Å². The molecule has 0 aliphatic heterocycles. The fourth-order valence-corrected chi connectivity index (χ4v) is 5.43. The maximum Gasteiger partial charge on any atom is 0.330 e. The van der Waals surface area contributed by atoms with Crippen LogP contribution in [0, 0.1) is 0 Å². The minimum atomic E-state index is -4.21. The van der Waals surface area contributed by atoms with Gasteiger partial charge in [0.25, 0.3) is 5.56 Å². The van der Waals surface area contributed by atoms with Crippen LogP contribution < -0.4 is 21.3 Å². The number of carbonyl (C=O) groups excluding carboxylic acids is 1. The number of sulfonamides is 1. The number of amides is 1. The van der Waals surface area contributed by atoms with E-state index in [0.29, 0.717) is 11.1 Å². The summed E-state index contributed by atoms with van der Waals surface area (Å²) in [5.41, 5.74) is -0.351. The Morgan fingerprint density at radius 1 is 1.00 bits per heavy atom. The molecule has 1 atom stereocenters. The lowest BCUT2D eigenvalue weighted by atomic mass is 10.1. The first-order valence-corrected chi connectivity index (χ1v) is 12.6. The van der Waals surface area contributed by atoms with E-state index in [-0.39, 0.29) is 16.8 Å². The first-order valence-electron chi connectivity index (χ1n) is 10.3. The van der Waals surface area contributed by atoms with Crippen molar-refractivity contribution >= 4 is 38.2 Å². The van der Waals surface area contributed by atoms with Crippen molar-refractivity contribution in [2.75, 3.05) is 0 Å². The van der Waals surface area contributed by atoms with Crippen LogP contribution in [0.2, 0.25) is 0 Å². The van der Waals surface area contributed by atoms with Crippen LogP contribution in [-0.2, 0) is 35.5 Å². The SMILES string of the molecule is Cn1c(=O)c2cc(S(=O)(=O)NC(C(=O)NCc3cccs3)c3ccccc3)ccc2n(C)c1=O. The summed E-state index contributed by atoms with van der Waals surface area (Å²) < 4.78 is 31.2. The quantitative estimate of drug-likeness (QED) is 0.402. The number of thiophene rings is 1. The first-order chi connectivity index (χ1) is 16.2. The Morgan fingerprint density at radius 3 is 2.41 bits per heavy atom. The van der Waals surface area contributed by atoms with Crippen molar-refractivity contribution in [3.8, 4) is 0 Å². The van der Waals surface area contributed by atoms with Gasteiger partial charge in [0.15, 0.2) is 0 Å². The zero-order valence-corrected chi connectivity index (χ0v) is 20.0. The fourth-order valence-electron chi connectivity index (χ4n) is 3.57. The average molecular weight is 499 g/mol. The van der Waals surface area contributed by atoms with E-state index in [9.17, 15) is 22.8 Å². The Hall–Kier alpha value is -3.54. The highest BCUT2D eigenvalue weighted by atomic mass is 32.2. The summed E-state index contributed by atoms with van der Waals surface area (Å²) in [4.78, 5) is 38.5.